The molecule has 1 amide bonds. The second-order valence-corrected chi connectivity index (χ2v) is 8.16. The summed E-state index contributed by atoms with van der Waals surface area (Å²) in [5, 5.41) is 6.67. The van der Waals surface area contributed by atoms with E-state index >= 15 is 0 Å². The van der Waals surface area contributed by atoms with Gasteiger partial charge < -0.3 is 10.6 Å². The van der Waals surface area contributed by atoms with Crippen LogP contribution >= 0.6 is 24.2 Å². The number of carbonyl (C=O) groups excluding carboxylic acids is 1. The third-order valence-electron chi connectivity index (χ3n) is 4.60. The third-order valence-corrected chi connectivity index (χ3v) is 5.73. The average Bonchev–Trinajstić information content (AvgIpc) is 2.86. The molecule has 1 saturated heterocycles. The molecule has 0 radical (unpaired) electrons. The SMILES string of the molecule is CC(C)CC1(CNC(=O)CC2CSCCN2)CCCC1.Cl. The molecule has 0 aromatic carbocycles. The molecule has 2 fully saturated rings. The first-order chi connectivity index (χ1) is 9.60. The van der Waals surface area contributed by atoms with Crippen LogP contribution in [0.4, 0.5) is 0 Å². The number of hydrogen-bond acceptors (Lipinski definition) is 3. The fourth-order valence-corrected chi connectivity index (χ4v) is 4.73. The molecule has 0 spiro atoms. The molecule has 0 aromatic rings. The zero-order chi connectivity index (χ0) is 14.4. The summed E-state index contributed by atoms with van der Waals surface area (Å²) in [5.41, 5.74) is 0.387. The number of nitrogens with one attached hydrogen (secondary N) is 2. The molecule has 1 heterocycles. The van der Waals surface area contributed by atoms with E-state index in [0.717, 1.165) is 24.8 Å². The Morgan fingerprint density at radius 2 is 2.10 bits per heavy atom. The molecule has 124 valence electrons. The Morgan fingerprint density at radius 3 is 2.67 bits per heavy atom. The van der Waals surface area contributed by atoms with Crippen molar-refractivity contribution >= 4 is 30.1 Å². The predicted octanol–water partition coefficient (Wildman–Crippen LogP) is 3.23. The number of rotatable bonds is 6. The highest BCUT2D eigenvalue weighted by Gasteiger charge is 2.34. The number of hydrogen-bond donors (Lipinski definition) is 2. The van der Waals surface area contributed by atoms with Gasteiger partial charge in [0.05, 0.1) is 0 Å². The molecule has 5 heteroatoms. The van der Waals surface area contributed by atoms with Gasteiger partial charge in [-0.25, -0.2) is 0 Å². The first kappa shape index (κ1) is 19.1. The summed E-state index contributed by atoms with van der Waals surface area (Å²) in [6, 6.07) is 0.373. The lowest BCUT2D eigenvalue weighted by Gasteiger charge is -2.31. The third kappa shape index (κ3) is 6.37. The Balaban J connectivity index is 0.00000220. The van der Waals surface area contributed by atoms with E-state index in [1.54, 1.807) is 0 Å². The summed E-state index contributed by atoms with van der Waals surface area (Å²) in [6.45, 7) is 6.53. The summed E-state index contributed by atoms with van der Waals surface area (Å²) >= 11 is 1.95. The average molecular weight is 335 g/mol. The van der Waals surface area contributed by atoms with E-state index in [1.165, 1.54) is 37.9 Å². The van der Waals surface area contributed by atoms with E-state index in [1.807, 2.05) is 11.8 Å². The van der Waals surface area contributed by atoms with Crippen LogP contribution in [0, 0.1) is 11.3 Å². The Hall–Kier alpha value is 0.0700. The van der Waals surface area contributed by atoms with E-state index in [9.17, 15) is 4.79 Å². The highest BCUT2D eigenvalue weighted by atomic mass is 35.5. The van der Waals surface area contributed by atoms with Crippen LogP contribution in [0.5, 0.6) is 0 Å². The molecule has 21 heavy (non-hydrogen) atoms. The lowest BCUT2D eigenvalue weighted by Crippen LogP contribution is -2.43. The molecule has 0 bridgehead atoms. The zero-order valence-electron chi connectivity index (χ0n) is 13.5. The highest BCUT2D eigenvalue weighted by molar-refractivity contribution is 7.99. The fraction of sp³-hybridized carbons (Fsp3) is 0.938. The maximum Gasteiger partial charge on any atom is 0.221 e. The topological polar surface area (TPSA) is 41.1 Å². The van der Waals surface area contributed by atoms with Gasteiger partial charge in [-0.1, -0.05) is 26.7 Å². The van der Waals surface area contributed by atoms with Crippen molar-refractivity contribution in [3.63, 3.8) is 0 Å². The molecule has 2 rings (SSSR count). The van der Waals surface area contributed by atoms with Crippen LogP contribution in [-0.4, -0.2) is 36.5 Å². The first-order valence-corrected chi connectivity index (χ1v) is 9.33. The van der Waals surface area contributed by atoms with Crippen molar-refractivity contribution in [3.05, 3.63) is 0 Å². The van der Waals surface area contributed by atoms with Gasteiger partial charge in [0.25, 0.3) is 0 Å². The van der Waals surface area contributed by atoms with Crippen LogP contribution in [0.25, 0.3) is 0 Å². The smallest absolute Gasteiger partial charge is 0.221 e. The summed E-state index contributed by atoms with van der Waals surface area (Å²) in [4.78, 5) is 12.1. The van der Waals surface area contributed by atoms with Gasteiger partial charge in [-0.05, 0) is 30.6 Å². The van der Waals surface area contributed by atoms with E-state index in [2.05, 4.69) is 24.5 Å². The lowest BCUT2D eigenvalue weighted by atomic mass is 9.78. The number of halogens is 1. The van der Waals surface area contributed by atoms with Crippen molar-refractivity contribution < 1.29 is 4.79 Å². The molecular weight excluding hydrogens is 304 g/mol. The maximum absolute atomic E-state index is 12.1. The molecule has 1 aliphatic heterocycles. The van der Waals surface area contributed by atoms with Crippen LogP contribution in [0.3, 0.4) is 0 Å². The van der Waals surface area contributed by atoms with Crippen molar-refractivity contribution in [1.29, 1.82) is 0 Å². The van der Waals surface area contributed by atoms with Crippen molar-refractivity contribution in [2.75, 3.05) is 24.6 Å². The Morgan fingerprint density at radius 1 is 1.38 bits per heavy atom. The lowest BCUT2D eigenvalue weighted by molar-refractivity contribution is -0.122. The van der Waals surface area contributed by atoms with E-state index in [0.29, 0.717) is 17.9 Å². The van der Waals surface area contributed by atoms with Gasteiger partial charge in [-0.2, -0.15) is 11.8 Å². The van der Waals surface area contributed by atoms with Gasteiger partial charge in [0, 0.05) is 37.1 Å². The van der Waals surface area contributed by atoms with Crippen LogP contribution in [0.15, 0.2) is 0 Å². The van der Waals surface area contributed by atoms with Crippen LogP contribution in [-0.2, 0) is 4.79 Å². The van der Waals surface area contributed by atoms with Crippen molar-refractivity contribution in [2.45, 2.75) is 58.4 Å². The first-order valence-electron chi connectivity index (χ1n) is 8.17. The molecule has 3 nitrogen and oxygen atoms in total. The quantitative estimate of drug-likeness (QED) is 0.783. The van der Waals surface area contributed by atoms with Gasteiger partial charge in [0.2, 0.25) is 5.91 Å². The largest absolute Gasteiger partial charge is 0.355 e. The summed E-state index contributed by atoms with van der Waals surface area (Å²) < 4.78 is 0. The number of amides is 1. The van der Waals surface area contributed by atoms with Gasteiger partial charge in [0.15, 0.2) is 0 Å². The van der Waals surface area contributed by atoms with Gasteiger partial charge >= 0.3 is 0 Å². The van der Waals surface area contributed by atoms with E-state index in [-0.39, 0.29) is 18.3 Å². The standard InChI is InChI=1S/C16H30N2OS.ClH/c1-13(2)10-16(5-3-4-6-16)12-18-15(19)9-14-11-20-8-7-17-14;/h13-14,17H,3-12H2,1-2H3,(H,18,19);1H. The van der Waals surface area contributed by atoms with E-state index < -0.39 is 0 Å². The molecule has 1 saturated carbocycles. The van der Waals surface area contributed by atoms with Crippen molar-refractivity contribution in [1.82, 2.24) is 10.6 Å². The molecule has 1 unspecified atom stereocenters. The molecule has 1 atom stereocenters. The van der Waals surface area contributed by atoms with Gasteiger partial charge in [-0.3, -0.25) is 4.79 Å². The number of thioether (sulfide) groups is 1. The summed E-state index contributed by atoms with van der Waals surface area (Å²) in [5.74, 6) is 3.21. The van der Waals surface area contributed by atoms with Crippen LogP contribution in [0.2, 0.25) is 0 Å². The molecule has 1 aliphatic carbocycles. The monoisotopic (exact) mass is 334 g/mol. The Kier molecular flexibility index (Phi) is 8.43. The minimum atomic E-state index is 0. The minimum Gasteiger partial charge on any atom is -0.355 e. The van der Waals surface area contributed by atoms with Crippen molar-refractivity contribution in [2.24, 2.45) is 11.3 Å². The Labute approximate surface area is 140 Å². The number of carbonyl (C=O) groups is 1. The molecule has 2 aliphatic rings. The maximum atomic E-state index is 12.1. The van der Waals surface area contributed by atoms with E-state index in [4.69, 9.17) is 0 Å². The Bertz CT molecular complexity index is 313. The van der Waals surface area contributed by atoms with Crippen molar-refractivity contribution in [3.8, 4) is 0 Å². The predicted molar refractivity (Wildman–Crippen MR) is 94.3 cm³/mol. The van der Waals surface area contributed by atoms with Crippen LogP contribution < -0.4 is 10.6 Å². The molecular formula is C16H31ClN2OS. The van der Waals surface area contributed by atoms with Crippen LogP contribution in [0.1, 0.15) is 52.4 Å². The zero-order valence-corrected chi connectivity index (χ0v) is 15.1. The molecule has 2 N–H and O–H groups in total. The summed E-state index contributed by atoms with van der Waals surface area (Å²) in [6.07, 6.45) is 7.16. The van der Waals surface area contributed by atoms with Gasteiger partial charge in [0.1, 0.15) is 0 Å². The fourth-order valence-electron chi connectivity index (χ4n) is 3.78. The minimum absolute atomic E-state index is 0. The second kappa shape index (κ2) is 9.26. The normalized spacial score (nSPS) is 24.6. The highest BCUT2D eigenvalue weighted by Crippen LogP contribution is 2.42. The van der Waals surface area contributed by atoms with Gasteiger partial charge in [-0.15, -0.1) is 12.4 Å². The molecule has 0 aromatic heterocycles. The summed E-state index contributed by atoms with van der Waals surface area (Å²) in [7, 11) is 0. The second-order valence-electron chi connectivity index (χ2n) is 7.01.